The largest absolute Gasteiger partial charge is 0.388 e. The monoisotopic (exact) mass is 228 g/mol. The van der Waals surface area contributed by atoms with Gasteiger partial charge in [0.05, 0.1) is 5.70 Å². The number of allylic oxidation sites excluding steroid dienone is 3. The zero-order chi connectivity index (χ0) is 11.9. The van der Waals surface area contributed by atoms with Crippen LogP contribution in [0.3, 0.4) is 0 Å². The second kappa shape index (κ2) is 6.01. The molecule has 3 nitrogen and oxygen atoms in total. The Morgan fingerprint density at radius 1 is 1.24 bits per heavy atom. The van der Waals surface area contributed by atoms with Gasteiger partial charge in [-0.3, -0.25) is 0 Å². The van der Waals surface area contributed by atoms with Gasteiger partial charge in [-0.2, -0.15) is 5.48 Å². The molecule has 0 fully saturated rings. The minimum absolute atomic E-state index is 0.589. The van der Waals surface area contributed by atoms with Gasteiger partial charge in [-0.1, -0.05) is 30.4 Å². The quantitative estimate of drug-likeness (QED) is 0.490. The fourth-order valence-corrected chi connectivity index (χ4v) is 1.62. The van der Waals surface area contributed by atoms with Crippen molar-refractivity contribution in [3.05, 3.63) is 59.8 Å². The first kappa shape index (κ1) is 11.6. The molecular weight excluding hydrogens is 212 g/mol. The third kappa shape index (κ3) is 3.29. The summed E-state index contributed by atoms with van der Waals surface area (Å²) in [6, 6.07) is 9.86. The molecule has 1 aromatic rings. The predicted molar refractivity (Wildman–Crippen MR) is 69.6 cm³/mol. The van der Waals surface area contributed by atoms with Crippen molar-refractivity contribution in [1.29, 1.82) is 0 Å². The van der Waals surface area contributed by atoms with Crippen LogP contribution in [0.15, 0.2) is 59.2 Å². The Kier molecular flexibility index (Phi) is 4.11. The van der Waals surface area contributed by atoms with Crippen LogP contribution in [0.5, 0.6) is 0 Å². The summed E-state index contributed by atoms with van der Waals surface area (Å²) < 4.78 is 0. The molecule has 17 heavy (non-hydrogen) atoms. The number of hydroxylamine groups is 1. The van der Waals surface area contributed by atoms with Crippen molar-refractivity contribution >= 4 is 5.90 Å². The molecule has 0 bridgehead atoms. The van der Waals surface area contributed by atoms with Gasteiger partial charge in [0.1, 0.15) is 0 Å². The lowest BCUT2D eigenvalue weighted by Crippen LogP contribution is -2.16. The van der Waals surface area contributed by atoms with Crippen molar-refractivity contribution < 1.29 is 4.84 Å². The lowest BCUT2D eigenvalue weighted by molar-refractivity contribution is 0.210. The van der Waals surface area contributed by atoms with Gasteiger partial charge in [-0.15, -0.1) is 0 Å². The summed E-state index contributed by atoms with van der Waals surface area (Å²) in [6.45, 7) is 0. The van der Waals surface area contributed by atoms with Gasteiger partial charge in [-0.25, -0.2) is 4.99 Å². The van der Waals surface area contributed by atoms with Crippen molar-refractivity contribution in [1.82, 2.24) is 5.48 Å². The van der Waals surface area contributed by atoms with E-state index >= 15 is 0 Å². The Balaban J connectivity index is 2.25. The van der Waals surface area contributed by atoms with Crippen LogP contribution < -0.4 is 5.48 Å². The van der Waals surface area contributed by atoms with Gasteiger partial charge in [0, 0.05) is 12.6 Å². The van der Waals surface area contributed by atoms with E-state index in [-0.39, 0.29) is 0 Å². The van der Waals surface area contributed by atoms with Crippen LogP contribution in [-0.4, -0.2) is 12.9 Å². The summed E-state index contributed by atoms with van der Waals surface area (Å²) in [7, 11) is 1.73. The van der Waals surface area contributed by atoms with Crippen LogP contribution in [-0.2, 0) is 4.84 Å². The second-order valence-corrected chi connectivity index (χ2v) is 3.70. The highest BCUT2D eigenvalue weighted by Gasteiger charge is 2.05. The molecule has 1 aliphatic rings. The summed E-state index contributed by atoms with van der Waals surface area (Å²) in [5.74, 6) is 0.589. The predicted octanol–water partition coefficient (Wildman–Crippen LogP) is 2.82. The Hall–Kier alpha value is -1.87. The van der Waals surface area contributed by atoms with Crippen LogP contribution in [0.1, 0.15) is 18.4 Å². The van der Waals surface area contributed by atoms with Crippen LogP contribution in [0.25, 0.3) is 0 Å². The van der Waals surface area contributed by atoms with Gasteiger partial charge in [0.25, 0.3) is 0 Å². The SMILES string of the molecule is CNOC(=NC1=CCCC=C1)c1ccccc1. The van der Waals surface area contributed by atoms with E-state index in [0.29, 0.717) is 5.90 Å². The third-order valence-electron chi connectivity index (χ3n) is 2.43. The van der Waals surface area contributed by atoms with Crippen molar-refractivity contribution in [2.45, 2.75) is 12.8 Å². The zero-order valence-corrected chi connectivity index (χ0v) is 9.89. The maximum Gasteiger partial charge on any atom is 0.245 e. The van der Waals surface area contributed by atoms with Crippen molar-refractivity contribution in [3.8, 4) is 0 Å². The van der Waals surface area contributed by atoms with Crippen molar-refractivity contribution in [2.75, 3.05) is 7.05 Å². The average Bonchev–Trinajstić information content (AvgIpc) is 2.40. The number of hydrogen-bond donors (Lipinski definition) is 1. The molecule has 1 aliphatic carbocycles. The molecule has 0 aromatic heterocycles. The van der Waals surface area contributed by atoms with Gasteiger partial charge >= 0.3 is 0 Å². The Morgan fingerprint density at radius 3 is 2.71 bits per heavy atom. The molecule has 3 heteroatoms. The number of hydrogen-bond acceptors (Lipinski definition) is 3. The highest BCUT2D eigenvalue weighted by molar-refractivity contribution is 5.94. The number of aliphatic imine (C=N–C) groups is 1. The Morgan fingerprint density at radius 2 is 2.06 bits per heavy atom. The van der Waals surface area contributed by atoms with Crippen LogP contribution in [0, 0.1) is 0 Å². The summed E-state index contributed by atoms with van der Waals surface area (Å²) in [6.07, 6.45) is 8.39. The minimum Gasteiger partial charge on any atom is -0.388 e. The number of benzene rings is 1. The molecule has 0 amide bonds. The molecule has 0 radical (unpaired) electrons. The Labute approximate surface area is 101 Å². The number of rotatable bonds is 3. The zero-order valence-electron chi connectivity index (χ0n) is 9.89. The van der Waals surface area contributed by atoms with Gasteiger partial charge in [-0.05, 0) is 31.1 Å². The molecular formula is C14H16N2O. The molecule has 0 atom stereocenters. The molecule has 0 saturated carbocycles. The molecule has 1 N–H and O–H groups in total. The summed E-state index contributed by atoms with van der Waals surface area (Å²) in [5, 5.41) is 0. The normalized spacial score (nSPS) is 15.6. The van der Waals surface area contributed by atoms with E-state index in [1.807, 2.05) is 36.4 Å². The highest BCUT2D eigenvalue weighted by atomic mass is 16.6. The molecule has 0 spiro atoms. The second-order valence-electron chi connectivity index (χ2n) is 3.70. The van der Waals surface area contributed by atoms with Gasteiger partial charge < -0.3 is 4.84 Å². The summed E-state index contributed by atoms with van der Waals surface area (Å²) >= 11 is 0. The molecule has 0 heterocycles. The van der Waals surface area contributed by atoms with Crippen molar-refractivity contribution in [2.24, 2.45) is 4.99 Å². The summed E-state index contributed by atoms with van der Waals surface area (Å²) in [4.78, 5) is 9.86. The molecule has 0 saturated heterocycles. The lowest BCUT2D eigenvalue weighted by atomic mass is 10.1. The molecule has 0 aliphatic heterocycles. The highest BCUT2D eigenvalue weighted by Crippen LogP contribution is 2.13. The summed E-state index contributed by atoms with van der Waals surface area (Å²) in [5.41, 5.74) is 4.58. The van der Waals surface area contributed by atoms with E-state index in [0.717, 1.165) is 24.1 Å². The molecule has 2 rings (SSSR count). The van der Waals surface area contributed by atoms with E-state index in [9.17, 15) is 0 Å². The van der Waals surface area contributed by atoms with E-state index in [1.165, 1.54) is 0 Å². The van der Waals surface area contributed by atoms with E-state index < -0.39 is 0 Å². The lowest BCUT2D eigenvalue weighted by Gasteiger charge is -2.08. The average molecular weight is 228 g/mol. The molecule has 1 aromatic carbocycles. The number of nitrogens with zero attached hydrogens (tertiary/aromatic N) is 1. The van der Waals surface area contributed by atoms with E-state index in [4.69, 9.17) is 4.84 Å². The fourth-order valence-electron chi connectivity index (χ4n) is 1.62. The first-order chi connectivity index (χ1) is 8.40. The molecule has 0 unspecified atom stereocenters. The maximum absolute atomic E-state index is 5.36. The molecule has 88 valence electrons. The van der Waals surface area contributed by atoms with E-state index in [2.05, 4.69) is 22.6 Å². The topological polar surface area (TPSA) is 33.6 Å². The first-order valence-electron chi connectivity index (χ1n) is 5.74. The Bertz CT molecular complexity index is 447. The number of nitrogens with one attached hydrogen (secondary N) is 1. The minimum atomic E-state index is 0.589. The maximum atomic E-state index is 5.36. The van der Waals surface area contributed by atoms with E-state index in [1.54, 1.807) is 7.05 Å². The standard InChI is InChI=1S/C14H16N2O/c1-15-17-14(12-8-4-2-5-9-12)16-13-10-6-3-7-11-13/h2,4-6,8-11,15H,3,7H2,1H3. The van der Waals surface area contributed by atoms with Crippen LogP contribution in [0.2, 0.25) is 0 Å². The first-order valence-corrected chi connectivity index (χ1v) is 5.74. The van der Waals surface area contributed by atoms with Crippen molar-refractivity contribution in [3.63, 3.8) is 0 Å². The van der Waals surface area contributed by atoms with Gasteiger partial charge in [0.15, 0.2) is 0 Å². The van der Waals surface area contributed by atoms with Crippen LogP contribution >= 0.6 is 0 Å². The van der Waals surface area contributed by atoms with Crippen LogP contribution in [0.4, 0.5) is 0 Å². The smallest absolute Gasteiger partial charge is 0.245 e. The fraction of sp³-hybridized carbons (Fsp3) is 0.214. The third-order valence-corrected chi connectivity index (χ3v) is 2.43. The van der Waals surface area contributed by atoms with Gasteiger partial charge in [0.2, 0.25) is 5.90 Å².